The van der Waals surface area contributed by atoms with Crippen molar-refractivity contribution in [2.75, 3.05) is 23.7 Å². The molecule has 1 aliphatic heterocycles. The lowest BCUT2D eigenvalue weighted by Crippen LogP contribution is -2.21. The highest BCUT2D eigenvalue weighted by atomic mass is 35.5. The molecule has 0 unspecified atom stereocenters. The molecule has 2 aliphatic rings. The van der Waals surface area contributed by atoms with Gasteiger partial charge in [0.1, 0.15) is 11.0 Å². The largest absolute Gasteiger partial charge is 0.368 e. The zero-order chi connectivity index (χ0) is 10.5. The van der Waals surface area contributed by atoms with Gasteiger partial charge >= 0.3 is 0 Å². The molecule has 4 nitrogen and oxygen atoms in total. The molecule has 1 spiro atoms. The maximum atomic E-state index is 5.86. The first-order chi connectivity index (χ1) is 7.17. The minimum atomic E-state index is 0.259. The van der Waals surface area contributed by atoms with Crippen LogP contribution in [0, 0.1) is 5.41 Å². The van der Waals surface area contributed by atoms with Gasteiger partial charge in [-0.25, -0.2) is 4.98 Å². The quantitative estimate of drug-likeness (QED) is 0.738. The monoisotopic (exact) mass is 224 g/mol. The van der Waals surface area contributed by atoms with Crippen molar-refractivity contribution >= 4 is 23.4 Å². The molecule has 0 atom stereocenters. The van der Waals surface area contributed by atoms with E-state index in [1.54, 1.807) is 6.07 Å². The molecule has 80 valence electrons. The van der Waals surface area contributed by atoms with E-state index in [9.17, 15) is 0 Å². The average molecular weight is 225 g/mol. The highest BCUT2D eigenvalue weighted by Gasteiger charge is 2.47. The minimum Gasteiger partial charge on any atom is -0.368 e. The van der Waals surface area contributed by atoms with Crippen molar-refractivity contribution in [1.29, 1.82) is 0 Å². The predicted octanol–water partition coefficient (Wildman–Crippen LogP) is 1.70. The molecule has 0 radical (unpaired) electrons. The molecular formula is C10H13ClN4. The number of halogens is 1. The summed E-state index contributed by atoms with van der Waals surface area (Å²) >= 11 is 5.86. The lowest BCUT2D eigenvalue weighted by molar-refractivity contribution is 0.580. The molecular weight excluding hydrogens is 212 g/mol. The molecule has 0 amide bonds. The second-order valence-electron chi connectivity index (χ2n) is 4.58. The van der Waals surface area contributed by atoms with E-state index >= 15 is 0 Å². The van der Waals surface area contributed by atoms with Gasteiger partial charge in [0.25, 0.3) is 0 Å². The summed E-state index contributed by atoms with van der Waals surface area (Å²) < 4.78 is 0. The number of hydrogen-bond donors (Lipinski definition) is 1. The van der Waals surface area contributed by atoms with Crippen molar-refractivity contribution in [3.05, 3.63) is 11.2 Å². The zero-order valence-corrected chi connectivity index (χ0v) is 9.17. The highest BCUT2D eigenvalue weighted by Crippen LogP contribution is 2.53. The number of aromatic nitrogens is 2. The predicted molar refractivity (Wildman–Crippen MR) is 60.0 cm³/mol. The molecule has 1 saturated heterocycles. The minimum absolute atomic E-state index is 0.259. The smallest absolute Gasteiger partial charge is 0.223 e. The molecule has 2 heterocycles. The Labute approximate surface area is 93.5 Å². The third-order valence-electron chi connectivity index (χ3n) is 3.42. The zero-order valence-electron chi connectivity index (χ0n) is 8.41. The Morgan fingerprint density at radius 1 is 1.33 bits per heavy atom. The van der Waals surface area contributed by atoms with Crippen LogP contribution in [-0.4, -0.2) is 23.1 Å². The van der Waals surface area contributed by atoms with Gasteiger partial charge in [-0.1, -0.05) is 11.6 Å². The molecule has 2 N–H and O–H groups in total. The first-order valence-corrected chi connectivity index (χ1v) is 5.60. The number of nitrogens with two attached hydrogens (primary N) is 1. The molecule has 1 saturated carbocycles. The van der Waals surface area contributed by atoms with Crippen LogP contribution in [0.2, 0.25) is 5.15 Å². The molecule has 5 heteroatoms. The van der Waals surface area contributed by atoms with Crippen molar-refractivity contribution in [2.24, 2.45) is 5.41 Å². The molecule has 15 heavy (non-hydrogen) atoms. The van der Waals surface area contributed by atoms with Crippen molar-refractivity contribution < 1.29 is 0 Å². The summed E-state index contributed by atoms with van der Waals surface area (Å²) in [6.45, 7) is 2.16. The number of anilines is 2. The molecule has 1 aromatic rings. The van der Waals surface area contributed by atoms with Crippen molar-refractivity contribution in [2.45, 2.75) is 19.3 Å². The number of nitrogen functional groups attached to an aromatic ring is 1. The molecule has 3 rings (SSSR count). The van der Waals surface area contributed by atoms with E-state index in [-0.39, 0.29) is 5.95 Å². The van der Waals surface area contributed by atoms with Crippen molar-refractivity contribution in [3.63, 3.8) is 0 Å². The Kier molecular flexibility index (Phi) is 1.83. The molecule has 2 fully saturated rings. The number of nitrogens with zero attached hydrogens (tertiary/aromatic N) is 3. The van der Waals surface area contributed by atoms with Gasteiger partial charge in [0.2, 0.25) is 5.95 Å². The van der Waals surface area contributed by atoms with Crippen LogP contribution in [0.4, 0.5) is 11.8 Å². The van der Waals surface area contributed by atoms with Crippen LogP contribution in [0.3, 0.4) is 0 Å². The summed E-state index contributed by atoms with van der Waals surface area (Å²) in [5.41, 5.74) is 6.17. The first kappa shape index (κ1) is 9.21. The third kappa shape index (κ3) is 1.63. The van der Waals surface area contributed by atoms with Crippen molar-refractivity contribution in [1.82, 2.24) is 9.97 Å². The van der Waals surface area contributed by atoms with E-state index < -0.39 is 0 Å². The first-order valence-electron chi connectivity index (χ1n) is 5.22. The number of rotatable bonds is 1. The van der Waals surface area contributed by atoms with Crippen LogP contribution < -0.4 is 10.6 Å². The van der Waals surface area contributed by atoms with Crippen LogP contribution in [0.15, 0.2) is 6.07 Å². The Hall–Kier alpha value is -1.03. The Bertz CT molecular complexity index is 382. The molecule has 0 bridgehead atoms. The van der Waals surface area contributed by atoms with E-state index in [0.717, 1.165) is 18.9 Å². The lowest BCUT2D eigenvalue weighted by Gasteiger charge is -2.17. The van der Waals surface area contributed by atoms with Gasteiger partial charge in [-0.3, -0.25) is 0 Å². The molecule has 1 aromatic heterocycles. The van der Waals surface area contributed by atoms with E-state index in [4.69, 9.17) is 17.3 Å². The van der Waals surface area contributed by atoms with Gasteiger partial charge in [-0.2, -0.15) is 4.98 Å². The fourth-order valence-corrected chi connectivity index (χ4v) is 2.48. The Morgan fingerprint density at radius 2 is 2.13 bits per heavy atom. The average Bonchev–Trinajstić information content (AvgIpc) is 2.74. The maximum absolute atomic E-state index is 5.86. The van der Waals surface area contributed by atoms with Gasteiger partial charge in [-0.05, 0) is 24.7 Å². The summed E-state index contributed by atoms with van der Waals surface area (Å²) in [5, 5.41) is 0.425. The maximum Gasteiger partial charge on any atom is 0.223 e. The summed E-state index contributed by atoms with van der Waals surface area (Å²) in [6, 6.07) is 1.79. The molecule has 0 aromatic carbocycles. The van der Waals surface area contributed by atoms with Gasteiger partial charge in [0.05, 0.1) is 0 Å². The van der Waals surface area contributed by atoms with Gasteiger partial charge in [0.15, 0.2) is 0 Å². The summed E-state index contributed by atoms with van der Waals surface area (Å²) in [5.74, 6) is 1.13. The van der Waals surface area contributed by atoms with Gasteiger partial charge < -0.3 is 10.6 Å². The summed E-state index contributed by atoms with van der Waals surface area (Å²) in [4.78, 5) is 10.3. The van der Waals surface area contributed by atoms with Crippen LogP contribution in [0.25, 0.3) is 0 Å². The standard InChI is InChI=1S/C10H13ClN4/c11-7-5-8(14-9(12)13-7)15-4-3-10(6-15)1-2-10/h5H,1-4,6H2,(H2,12,13,14). The van der Waals surface area contributed by atoms with Crippen LogP contribution in [-0.2, 0) is 0 Å². The SMILES string of the molecule is Nc1nc(Cl)cc(N2CCC3(CC3)C2)n1. The molecule has 1 aliphatic carbocycles. The second-order valence-corrected chi connectivity index (χ2v) is 4.97. The van der Waals surface area contributed by atoms with E-state index in [0.29, 0.717) is 10.6 Å². The third-order valence-corrected chi connectivity index (χ3v) is 3.61. The second kappa shape index (κ2) is 2.98. The fourth-order valence-electron chi connectivity index (χ4n) is 2.30. The van der Waals surface area contributed by atoms with Gasteiger partial charge in [0, 0.05) is 19.2 Å². The van der Waals surface area contributed by atoms with E-state index in [1.807, 2.05) is 0 Å². The number of hydrogen-bond acceptors (Lipinski definition) is 4. The lowest BCUT2D eigenvalue weighted by atomic mass is 10.1. The fraction of sp³-hybridized carbons (Fsp3) is 0.600. The summed E-state index contributed by atoms with van der Waals surface area (Å²) in [6.07, 6.45) is 3.99. The summed E-state index contributed by atoms with van der Waals surface area (Å²) in [7, 11) is 0. The van der Waals surface area contributed by atoms with Crippen LogP contribution in [0.1, 0.15) is 19.3 Å². The normalized spacial score (nSPS) is 22.3. The highest BCUT2D eigenvalue weighted by molar-refractivity contribution is 6.29. The van der Waals surface area contributed by atoms with E-state index in [1.165, 1.54) is 19.3 Å². The van der Waals surface area contributed by atoms with Crippen LogP contribution in [0.5, 0.6) is 0 Å². The van der Waals surface area contributed by atoms with Crippen LogP contribution >= 0.6 is 11.6 Å². The van der Waals surface area contributed by atoms with E-state index in [2.05, 4.69) is 14.9 Å². The Balaban J connectivity index is 1.86. The van der Waals surface area contributed by atoms with Crippen molar-refractivity contribution in [3.8, 4) is 0 Å². The Morgan fingerprint density at radius 3 is 2.73 bits per heavy atom. The van der Waals surface area contributed by atoms with Gasteiger partial charge in [-0.15, -0.1) is 0 Å². The topological polar surface area (TPSA) is 55.0 Å².